The molecule has 0 bridgehead atoms. The van der Waals surface area contributed by atoms with Crippen LogP contribution in [0.4, 0.5) is 0 Å². The largest absolute Gasteiger partial charge is 0.459 e. The standard InChI is InChI=1S/C13H17O4/c1-2-15-8-9-16-11-13(14)17-10-12-6-4-3-5-7-12/h3-8H,2,9-11H2,1H3. The molecule has 0 saturated carbocycles. The molecule has 4 nitrogen and oxygen atoms in total. The minimum absolute atomic E-state index is 0.0591. The fourth-order valence-corrected chi connectivity index (χ4v) is 1.14. The minimum atomic E-state index is -0.376. The maximum Gasteiger partial charge on any atom is 0.332 e. The van der Waals surface area contributed by atoms with Gasteiger partial charge in [0.15, 0.2) is 0 Å². The van der Waals surface area contributed by atoms with Crippen LogP contribution in [0.15, 0.2) is 30.3 Å². The summed E-state index contributed by atoms with van der Waals surface area (Å²) < 4.78 is 15.0. The lowest BCUT2D eigenvalue weighted by molar-refractivity contribution is -0.150. The summed E-state index contributed by atoms with van der Waals surface area (Å²) in [6.07, 6.45) is 0. The van der Waals surface area contributed by atoms with E-state index in [0.29, 0.717) is 6.61 Å². The highest BCUT2D eigenvalue weighted by molar-refractivity contribution is 5.70. The molecule has 1 radical (unpaired) electrons. The van der Waals surface area contributed by atoms with Gasteiger partial charge in [0.05, 0.1) is 6.61 Å². The number of hydrogen-bond donors (Lipinski definition) is 0. The Balaban J connectivity index is 2.05. The fraction of sp³-hybridized carbons (Fsp3) is 0.385. The molecule has 1 rings (SSSR count). The Morgan fingerprint density at radius 3 is 2.76 bits per heavy atom. The van der Waals surface area contributed by atoms with Crippen molar-refractivity contribution in [3.63, 3.8) is 0 Å². The van der Waals surface area contributed by atoms with Gasteiger partial charge < -0.3 is 14.2 Å². The van der Waals surface area contributed by atoms with Gasteiger partial charge in [-0.2, -0.15) is 0 Å². The predicted octanol–water partition coefficient (Wildman–Crippen LogP) is 1.94. The molecule has 1 aromatic rings. The van der Waals surface area contributed by atoms with Crippen LogP contribution in [0.3, 0.4) is 0 Å². The Morgan fingerprint density at radius 2 is 2.06 bits per heavy atom. The van der Waals surface area contributed by atoms with E-state index in [0.717, 1.165) is 5.56 Å². The molecule has 0 aliphatic heterocycles. The number of carbonyl (C=O) groups is 1. The van der Waals surface area contributed by atoms with Crippen LogP contribution in [0.5, 0.6) is 0 Å². The number of rotatable bonds is 8. The molecule has 0 aliphatic carbocycles. The second-order valence-corrected chi connectivity index (χ2v) is 3.28. The van der Waals surface area contributed by atoms with Crippen molar-refractivity contribution < 1.29 is 19.0 Å². The van der Waals surface area contributed by atoms with Gasteiger partial charge in [-0.3, -0.25) is 0 Å². The first kappa shape index (κ1) is 13.7. The maximum atomic E-state index is 11.2. The van der Waals surface area contributed by atoms with Gasteiger partial charge in [-0.1, -0.05) is 30.3 Å². The zero-order valence-electron chi connectivity index (χ0n) is 9.93. The number of hydrogen-bond acceptors (Lipinski definition) is 4. The van der Waals surface area contributed by atoms with Gasteiger partial charge in [-0.15, -0.1) is 0 Å². The first-order valence-corrected chi connectivity index (χ1v) is 5.53. The highest BCUT2D eigenvalue weighted by atomic mass is 16.6. The van der Waals surface area contributed by atoms with Crippen molar-refractivity contribution in [3.8, 4) is 0 Å². The highest BCUT2D eigenvalue weighted by Crippen LogP contribution is 2.00. The van der Waals surface area contributed by atoms with Crippen LogP contribution in [0.2, 0.25) is 0 Å². The molecule has 0 spiro atoms. The molecule has 93 valence electrons. The van der Waals surface area contributed by atoms with Crippen molar-refractivity contribution >= 4 is 5.97 Å². The zero-order valence-corrected chi connectivity index (χ0v) is 9.93. The summed E-state index contributed by atoms with van der Waals surface area (Å²) >= 11 is 0. The van der Waals surface area contributed by atoms with E-state index in [1.807, 2.05) is 37.3 Å². The Labute approximate surface area is 101 Å². The number of carbonyl (C=O) groups excluding carboxylic acids is 1. The van der Waals surface area contributed by atoms with E-state index in [2.05, 4.69) is 0 Å². The topological polar surface area (TPSA) is 44.8 Å². The summed E-state index contributed by atoms with van der Waals surface area (Å²) in [5.74, 6) is -0.376. The molecule has 0 unspecified atom stereocenters. The van der Waals surface area contributed by atoms with Crippen molar-refractivity contribution in [2.45, 2.75) is 13.5 Å². The average molecular weight is 237 g/mol. The van der Waals surface area contributed by atoms with Crippen LogP contribution >= 0.6 is 0 Å². The van der Waals surface area contributed by atoms with Crippen molar-refractivity contribution in [2.75, 3.05) is 19.8 Å². The van der Waals surface area contributed by atoms with E-state index < -0.39 is 0 Å². The summed E-state index contributed by atoms with van der Waals surface area (Å²) in [7, 11) is 0. The highest BCUT2D eigenvalue weighted by Gasteiger charge is 2.03. The molecule has 0 saturated heterocycles. The Kier molecular flexibility index (Phi) is 7.02. The third-order valence-corrected chi connectivity index (χ3v) is 1.93. The van der Waals surface area contributed by atoms with E-state index in [1.54, 1.807) is 0 Å². The van der Waals surface area contributed by atoms with Crippen molar-refractivity contribution in [1.29, 1.82) is 0 Å². The molecular formula is C13H17O4. The van der Waals surface area contributed by atoms with E-state index in [-0.39, 0.29) is 25.8 Å². The average Bonchev–Trinajstić information content (AvgIpc) is 2.37. The Morgan fingerprint density at radius 1 is 1.29 bits per heavy atom. The van der Waals surface area contributed by atoms with Crippen LogP contribution in [0.1, 0.15) is 12.5 Å². The number of benzene rings is 1. The number of esters is 1. The first-order chi connectivity index (χ1) is 8.33. The summed E-state index contributed by atoms with van der Waals surface area (Å²) in [4.78, 5) is 11.2. The normalized spacial score (nSPS) is 10.2. The van der Waals surface area contributed by atoms with Crippen LogP contribution in [0.25, 0.3) is 0 Å². The molecule has 0 aliphatic rings. The lowest BCUT2D eigenvalue weighted by Gasteiger charge is -2.05. The van der Waals surface area contributed by atoms with Crippen molar-refractivity contribution in [2.24, 2.45) is 0 Å². The molecule has 0 aromatic heterocycles. The van der Waals surface area contributed by atoms with E-state index in [4.69, 9.17) is 14.2 Å². The van der Waals surface area contributed by atoms with Gasteiger partial charge in [-0.05, 0) is 12.5 Å². The lowest BCUT2D eigenvalue weighted by Crippen LogP contribution is -2.13. The summed E-state index contributed by atoms with van der Waals surface area (Å²) in [5.41, 5.74) is 0.960. The van der Waals surface area contributed by atoms with Crippen LogP contribution in [-0.2, 0) is 25.6 Å². The third kappa shape index (κ3) is 6.71. The van der Waals surface area contributed by atoms with Gasteiger partial charge in [0.1, 0.15) is 19.8 Å². The molecule has 0 atom stereocenters. The van der Waals surface area contributed by atoms with Crippen molar-refractivity contribution in [1.82, 2.24) is 0 Å². The van der Waals surface area contributed by atoms with Gasteiger partial charge in [0.25, 0.3) is 0 Å². The fourth-order valence-electron chi connectivity index (χ4n) is 1.14. The van der Waals surface area contributed by atoms with Crippen LogP contribution in [0, 0.1) is 6.61 Å². The molecule has 4 heteroatoms. The van der Waals surface area contributed by atoms with Gasteiger partial charge in [0.2, 0.25) is 0 Å². The van der Waals surface area contributed by atoms with Crippen molar-refractivity contribution in [3.05, 3.63) is 42.5 Å². The summed E-state index contributed by atoms with van der Waals surface area (Å²) in [6.45, 7) is 4.50. The summed E-state index contributed by atoms with van der Waals surface area (Å²) in [6, 6.07) is 9.51. The monoisotopic (exact) mass is 237 g/mol. The van der Waals surface area contributed by atoms with Gasteiger partial charge in [-0.25, -0.2) is 4.79 Å². The van der Waals surface area contributed by atoms with Crippen LogP contribution < -0.4 is 0 Å². The van der Waals surface area contributed by atoms with Gasteiger partial charge in [0, 0.05) is 6.61 Å². The van der Waals surface area contributed by atoms with E-state index in [9.17, 15) is 4.79 Å². The molecule has 17 heavy (non-hydrogen) atoms. The minimum Gasteiger partial charge on any atom is -0.459 e. The molecular weight excluding hydrogens is 220 g/mol. The maximum absolute atomic E-state index is 11.2. The second-order valence-electron chi connectivity index (χ2n) is 3.28. The Bertz CT molecular complexity index is 310. The molecule has 0 amide bonds. The zero-order chi connectivity index (χ0) is 12.3. The van der Waals surface area contributed by atoms with E-state index in [1.165, 1.54) is 6.61 Å². The molecule has 0 fully saturated rings. The van der Waals surface area contributed by atoms with E-state index >= 15 is 0 Å². The van der Waals surface area contributed by atoms with Gasteiger partial charge >= 0.3 is 5.97 Å². The lowest BCUT2D eigenvalue weighted by atomic mass is 10.2. The third-order valence-electron chi connectivity index (χ3n) is 1.93. The smallest absolute Gasteiger partial charge is 0.332 e. The molecule has 0 heterocycles. The second kappa shape index (κ2) is 8.73. The molecule has 1 aromatic carbocycles. The number of ether oxygens (including phenoxy) is 3. The Hall–Kier alpha value is -1.39. The molecule has 0 N–H and O–H groups in total. The van der Waals surface area contributed by atoms with Crippen LogP contribution in [-0.4, -0.2) is 25.8 Å². The predicted molar refractivity (Wildman–Crippen MR) is 63.0 cm³/mol. The SMILES string of the molecule is CCO[CH]COCC(=O)OCc1ccccc1. The first-order valence-electron chi connectivity index (χ1n) is 5.53. The summed E-state index contributed by atoms with van der Waals surface area (Å²) in [5, 5.41) is 0. The quantitative estimate of drug-likeness (QED) is 0.512.